The Morgan fingerprint density at radius 2 is 2.00 bits per heavy atom. The minimum atomic E-state index is -0.367. The molecule has 6 rings (SSSR count). The fourth-order valence-corrected chi connectivity index (χ4v) is 6.04. The van der Waals surface area contributed by atoms with Gasteiger partial charge in [-0.25, -0.2) is 4.98 Å². The Morgan fingerprint density at radius 1 is 1.11 bits per heavy atom. The van der Waals surface area contributed by atoms with Crippen molar-refractivity contribution in [2.45, 2.75) is 44.6 Å². The number of benzene rings is 1. The van der Waals surface area contributed by atoms with Crippen LogP contribution in [0.15, 0.2) is 47.4 Å². The Labute approximate surface area is 209 Å². The van der Waals surface area contributed by atoms with Gasteiger partial charge >= 0.3 is 0 Å². The molecule has 2 fully saturated rings. The van der Waals surface area contributed by atoms with Crippen LogP contribution >= 0.6 is 0 Å². The van der Waals surface area contributed by atoms with Gasteiger partial charge in [0.2, 0.25) is 0 Å². The number of para-hydroxylation sites is 1. The first kappa shape index (κ1) is 22.8. The smallest absolute Gasteiger partial charge is 0.272 e. The van der Waals surface area contributed by atoms with Crippen LogP contribution in [0.3, 0.4) is 0 Å². The monoisotopic (exact) mass is 486 g/mol. The number of nitrogens with one attached hydrogen (secondary N) is 2. The van der Waals surface area contributed by atoms with E-state index in [4.69, 9.17) is 4.74 Å². The van der Waals surface area contributed by atoms with Crippen LogP contribution in [-0.4, -0.2) is 52.4 Å². The van der Waals surface area contributed by atoms with Crippen molar-refractivity contribution < 1.29 is 14.3 Å². The highest BCUT2D eigenvalue weighted by molar-refractivity contribution is 5.97. The SMILES string of the molecule is O=C(NC1CCC2CN(C(=O)c3cc4c(cn3)OCCC4)CCC2C1)c1cc2ccccc2[nH]c1=O. The molecule has 2 amide bonds. The van der Waals surface area contributed by atoms with Crippen molar-refractivity contribution in [3.05, 3.63) is 69.8 Å². The average Bonchev–Trinajstić information content (AvgIpc) is 2.91. The second kappa shape index (κ2) is 9.41. The minimum Gasteiger partial charge on any atom is -0.492 e. The van der Waals surface area contributed by atoms with Gasteiger partial charge in [-0.05, 0) is 79.5 Å². The molecule has 8 heteroatoms. The van der Waals surface area contributed by atoms with E-state index in [2.05, 4.69) is 15.3 Å². The van der Waals surface area contributed by atoms with Crippen LogP contribution in [0.25, 0.3) is 10.9 Å². The second-order valence-electron chi connectivity index (χ2n) is 10.3. The molecule has 8 nitrogen and oxygen atoms in total. The molecule has 2 N–H and O–H groups in total. The fourth-order valence-electron chi connectivity index (χ4n) is 6.04. The maximum Gasteiger partial charge on any atom is 0.272 e. The third-order valence-corrected chi connectivity index (χ3v) is 8.00. The van der Waals surface area contributed by atoms with Crippen LogP contribution in [0.5, 0.6) is 5.75 Å². The van der Waals surface area contributed by atoms with Crippen LogP contribution < -0.4 is 15.6 Å². The maximum atomic E-state index is 13.2. The number of carbonyl (C=O) groups excluding carboxylic acids is 2. The molecule has 36 heavy (non-hydrogen) atoms. The van der Waals surface area contributed by atoms with Crippen LogP contribution in [-0.2, 0) is 6.42 Å². The zero-order valence-electron chi connectivity index (χ0n) is 20.2. The minimum absolute atomic E-state index is 0.00669. The molecule has 3 aliphatic rings. The molecule has 3 atom stereocenters. The molecular formula is C28H30N4O4. The summed E-state index contributed by atoms with van der Waals surface area (Å²) in [6.07, 6.45) is 7.13. The van der Waals surface area contributed by atoms with Gasteiger partial charge in [0, 0.05) is 24.6 Å². The molecule has 2 aromatic heterocycles. The number of aromatic amines is 1. The van der Waals surface area contributed by atoms with E-state index in [9.17, 15) is 14.4 Å². The summed E-state index contributed by atoms with van der Waals surface area (Å²) in [6, 6.07) is 11.0. The second-order valence-corrected chi connectivity index (χ2v) is 10.3. The number of piperidine rings is 1. The number of fused-ring (bicyclic) bond motifs is 3. The number of H-pyrrole nitrogens is 1. The average molecular weight is 487 g/mol. The lowest BCUT2D eigenvalue weighted by molar-refractivity contribution is 0.0473. The number of hydrogen-bond acceptors (Lipinski definition) is 5. The van der Waals surface area contributed by atoms with Gasteiger partial charge in [-0.15, -0.1) is 0 Å². The van der Waals surface area contributed by atoms with Gasteiger partial charge in [-0.1, -0.05) is 18.2 Å². The Morgan fingerprint density at radius 3 is 2.92 bits per heavy atom. The summed E-state index contributed by atoms with van der Waals surface area (Å²) in [4.78, 5) is 47.7. The summed E-state index contributed by atoms with van der Waals surface area (Å²) in [7, 11) is 0. The molecule has 3 aromatic rings. The third kappa shape index (κ3) is 4.36. The summed E-state index contributed by atoms with van der Waals surface area (Å²) in [5, 5.41) is 3.94. The quantitative estimate of drug-likeness (QED) is 0.591. The Hall–Kier alpha value is -3.68. The van der Waals surface area contributed by atoms with Gasteiger partial charge < -0.3 is 19.9 Å². The van der Waals surface area contributed by atoms with Crippen LogP contribution in [0, 0.1) is 11.8 Å². The number of ether oxygens (including phenoxy) is 1. The lowest BCUT2D eigenvalue weighted by Gasteiger charge is -2.43. The van der Waals surface area contributed by atoms with E-state index in [-0.39, 0.29) is 29.0 Å². The number of rotatable bonds is 3. The number of aryl methyl sites for hydroxylation is 1. The van der Waals surface area contributed by atoms with Crippen molar-refractivity contribution in [3.63, 3.8) is 0 Å². The molecular weight excluding hydrogens is 456 g/mol. The van der Waals surface area contributed by atoms with Crippen LogP contribution in [0.1, 0.15) is 58.5 Å². The van der Waals surface area contributed by atoms with Crippen molar-refractivity contribution in [1.82, 2.24) is 20.2 Å². The normalized spacial score (nSPS) is 23.3. The largest absolute Gasteiger partial charge is 0.492 e. The van der Waals surface area contributed by atoms with E-state index in [1.54, 1.807) is 12.3 Å². The number of aromatic nitrogens is 2. The summed E-state index contributed by atoms with van der Waals surface area (Å²) in [5.41, 5.74) is 2.07. The van der Waals surface area contributed by atoms with Crippen molar-refractivity contribution in [2.24, 2.45) is 11.8 Å². The molecule has 1 aliphatic carbocycles. The molecule has 186 valence electrons. The number of pyridine rings is 2. The predicted octanol–water partition coefficient (Wildman–Crippen LogP) is 3.31. The lowest BCUT2D eigenvalue weighted by atomic mass is 9.73. The third-order valence-electron chi connectivity index (χ3n) is 8.00. The van der Waals surface area contributed by atoms with Gasteiger partial charge in [0.15, 0.2) is 0 Å². The van der Waals surface area contributed by atoms with Crippen molar-refractivity contribution in [2.75, 3.05) is 19.7 Å². The Balaban J connectivity index is 1.08. The molecule has 4 heterocycles. The van der Waals surface area contributed by atoms with E-state index >= 15 is 0 Å². The van der Waals surface area contributed by atoms with Gasteiger partial charge in [-0.2, -0.15) is 0 Å². The summed E-state index contributed by atoms with van der Waals surface area (Å²) in [6.45, 7) is 2.13. The zero-order chi connectivity index (χ0) is 24.6. The Bertz CT molecular complexity index is 1380. The van der Waals surface area contributed by atoms with E-state index in [0.717, 1.165) is 67.3 Å². The van der Waals surface area contributed by atoms with E-state index in [1.165, 1.54) is 0 Å². The molecule has 0 radical (unpaired) electrons. The fraction of sp³-hybridized carbons (Fsp3) is 0.429. The summed E-state index contributed by atoms with van der Waals surface area (Å²) < 4.78 is 5.63. The van der Waals surface area contributed by atoms with E-state index < -0.39 is 0 Å². The van der Waals surface area contributed by atoms with Crippen LogP contribution in [0.2, 0.25) is 0 Å². The predicted molar refractivity (Wildman–Crippen MR) is 135 cm³/mol. The molecule has 1 aromatic carbocycles. The molecule has 3 unspecified atom stereocenters. The number of amides is 2. The van der Waals surface area contributed by atoms with Gasteiger partial charge in [0.25, 0.3) is 17.4 Å². The molecule has 0 bridgehead atoms. The molecule has 1 saturated heterocycles. The van der Waals surface area contributed by atoms with E-state index in [1.807, 2.05) is 35.2 Å². The first-order valence-corrected chi connectivity index (χ1v) is 12.9. The van der Waals surface area contributed by atoms with Crippen molar-refractivity contribution in [3.8, 4) is 5.75 Å². The van der Waals surface area contributed by atoms with Gasteiger partial charge in [-0.3, -0.25) is 14.4 Å². The van der Waals surface area contributed by atoms with Crippen LogP contribution in [0.4, 0.5) is 0 Å². The van der Waals surface area contributed by atoms with E-state index in [0.29, 0.717) is 30.7 Å². The standard InChI is InChI=1S/C28H30N4O4/c33-26(22-13-18-4-1-2-6-23(18)31-27(22)34)30-21-8-7-20-16-32(10-9-17(20)12-21)28(35)24-14-19-5-3-11-36-25(19)15-29-24/h1-2,4,6,13-15,17,20-21H,3,5,7-12,16H2,(H,30,33)(H,31,34). The number of likely N-dealkylation sites (tertiary alicyclic amines) is 1. The number of nitrogens with zero attached hydrogens (tertiary/aromatic N) is 2. The number of hydrogen-bond donors (Lipinski definition) is 2. The first-order chi connectivity index (χ1) is 17.5. The van der Waals surface area contributed by atoms with Crippen molar-refractivity contribution >= 4 is 22.7 Å². The molecule has 0 spiro atoms. The topological polar surface area (TPSA) is 104 Å². The molecule has 2 aliphatic heterocycles. The summed E-state index contributed by atoms with van der Waals surface area (Å²) >= 11 is 0. The number of carbonyl (C=O) groups is 2. The van der Waals surface area contributed by atoms with Crippen molar-refractivity contribution in [1.29, 1.82) is 0 Å². The maximum absolute atomic E-state index is 13.2. The highest BCUT2D eigenvalue weighted by atomic mass is 16.5. The first-order valence-electron chi connectivity index (χ1n) is 12.9. The molecule has 1 saturated carbocycles. The highest BCUT2D eigenvalue weighted by Gasteiger charge is 2.37. The summed E-state index contributed by atoms with van der Waals surface area (Å²) in [5.74, 6) is 1.34. The Kier molecular flexibility index (Phi) is 5.95. The van der Waals surface area contributed by atoms with Gasteiger partial charge in [0.05, 0.1) is 12.8 Å². The highest BCUT2D eigenvalue weighted by Crippen LogP contribution is 2.37. The van der Waals surface area contributed by atoms with Gasteiger partial charge in [0.1, 0.15) is 17.0 Å². The zero-order valence-corrected chi connectivity index (χ0v) is 20.2. The lowest BCUT2D eigenvalue weighted by Crippen LogP contribution is -2.49.